The van der Waals surface area contributed by atoms with Crippen LogP contribution in [0.15, 0.2) is 36.4 Å². The topological polar surface area (TPSA) is 111 Å². The summed E-state index contributed by atoms with van der Waals surface area (Å²) in [6.45, 7) is 12.8. The van der Waals surface area contributed by atoms with Gasteiger partial charge in [-0.05, 0) is 57.4 Å². The first-order valence-corrected chi connectivity index (χ1v) is 11.3. The fourth-order valence-corrected chi connectivity index (χ4v) is 3.89. The Balaban J connectivity index is 0.000000414. The third-order valence-corrected chi connectivity index (χ3v) is 5.99. The van der Waals surface area contributed by atoms with Gasteiger partial charge in [0.25, 0.3) is 0 Å². The fourth-order valence-electron chi connectivity index (χ4n) is 3.89. The molecule has 1 atom stereocenters. The smallest absolute Gasteiger partial charge is 0.328 e. The molecule has 1 aromatic heterocycles. The molecule has 1 unspecified atom stereocenters. The van der Waals surface area contributed by atoms with E-state index in [1.807, 2.05) is 13.0 Å². The number of Topliss-reactive ketones (excluding diaryl/α,β-unsaturated/α-hetero) is 1. The van der Waals surface area contributed by atoms with Crippen molar-refractivity contribution in [1.29, 1.82) is 0 Å². The lowest BCUT2D eigenvalue weighted by Crippen LogP contribution is -2.34. The molecule has 3 N–H and O–H groups in total. The van der Waals surface area contributed by atoms with E-state index >= 15 is 0 Å². The number of aromatic amines is 1. The fraction of sp³-hybridized carbons (Fsp3) is 0.423. The molecule has 2 heterocycles. The molecule has 0 saturated carbocycles. The maximum atomic E-state index is 12.6. The zero-order chi connectivity index (χ0) is 24.7. The van der Waals surface area contributed by atoms with Crippen LogP contribution in [-0.4, -0.2) is 57.0 Å². The number of carbonyl (C=O) groups is 3. The number of hydrogen-bond acceptors (Lipinski definition) is 4. The highest BCUT2D eigenvalue weighted by molar-refractivity contribution is 6.03. The van der Waals surface area contributed by atoms with Crippen LogP contribution in [0.25, 0.3) is 16.5 Å². The van der Waals surface area contributed by atoms with Crippen LogP contribution in [0.3, 0.4) is 0 Å². The first-order chi connectivity index (χ1) is 15.5. The average Bonchev–Trinajstić information content (AvgIpc) is 3.11. The minimum atomic E-state index is -1.26. The molecule has 0 amide bonds. The first kappa shape index (κ1) is 26.1. The monoisotopic (exact) mass is 454 g/mol. The molecule has 0 spiro atoms. The van der Waals surface area contributed by atoms with Gasteiger partial charge in [0, 0.05) is 64.9 Å². The number of H-pyrrole nitrogens is 1. The number of nitrogens with one attached hydrogen (secondary N) is 1. The number of aryl methyl sites for hydroxylation is 1. The second-order valence-electron chi connectivity index (χ2n) is 8.64. The van der Waals surface area contributed by atoms with Gasteiger partial charge in [-0.3, -0.25) is 9.69 Å². The number of benzene rings is 1. The number of fused-ring (bicyclic) bond motifs is 1. The number of carboxylic acid groups (broad SMARTS) is 2. The van der Waals surface area contributed by atoms with Gasteiger partial charge in [-0.1, -0.05) is 19.9 Å². The molecular formula is C26H34N2O5. The van der Waals surface area contributed by atoms with E-state index in [-0.39, 0.29) is 11.7 Å². The highest BCUT2D eigenvalue weighted by atomic mass is 16.4. The summed E-state index contributed by atoms with van der Waals surface area (Å²) in [7, 11) is 0. The Hall–Kier alpha value is -3.19. The maximum absolute atomic E-state index is 12.6. The quantitative estimate of drug-likeness (QED) is 0.405. The van der Waals surface area contributed by atoms with Crippen molar-refractivity contribution in [2.24, 2.45) is 5.92 Å². The molecule has 0 saturated heterocycles. The Bertz CT molecular complexity index is 1060. The maximum Gasteiger partial charge on any atom is 0.328 e. The van der Waals surface area contributed by atoms with Gasteiger partial charge in [-0.25, -0.2) is 9.59 Å². The lowest BCUT2D eigenvalue weighted by molar-refractivity contribution is -0.134. The third-order valence-electron chi connectivity index (χ3n) is 5.99. The van der Waals surface area contributed by atoms with Gasteiger partial charge in [0.05, 0.1) is 0 Å². The molecule has 7 heteroatoms. The molecule has 0 aliphatic carbocycles. The van der Waals surface area contributed by atoms with Crippen molar-refractivity contribution in [2.45, 2.75) is 53.5 Å². The number of ketones is 1. The predicted molar refractivity (Wildman–Crippen MR) is 131 cm³/mol. The summed E-state index contributed by atoms with van der Waals surface area (Å²) < 4.78 is 0. The van der Waals surface area contributed by atoms with Crippen molar-refractivity contribution in [3.05, 3.63) is 53.2 Å². The first-order valence-electron chi connectivity index (χ1n) is 11.3. The molecule has 1 aliphatic heterocycles. The number of hydrogen-bond donors (Lipinski definition) is 3. The molecule has 3 rings (SSSR count). The van der Waals surface area contributed by atoms with Gasteiger partial charge < -0.3 is 15.2 Å². The van der Waals surface area contributed by atoms with Crippen molar-refractivity contribution < 1.29 is 24.6 Å². The largest absolute Gasteiger partial charge is 0.478 e. The van der Waals surface area contributed by atoms with E-state index in [0.717, 1.165) is 37.0 Å². The molecule has 1 aliphatic rings. The number of nitrogens with zero attached hydrogens (tertiary/aromatic N) is 1. The van der Waals surface area contributed by atoms with Gasteiger partial charge in [-0.2, -0.15) is 0 Å². The summed E-state index contributed by atoms with van der Waals surface area (Å²) in [6, 6.07) is 6.71. The highest BCUT2D eigenvalue weighted by Crippen LogP contribution is 2.33. The van der Waals surface area contributed by atoms with E-state index < -0.39 is 11.9 Å². The van der Waals surface area contributed by atoms with Crippen LogP contribution in [0.2, 0.25) is 0 Å². The van der Waals surface area contributed by atoms with Crippen molar-refractivity contribution >= 4 is 34.2 Å². The summed E-state index contributed by atoms with van der Waals surface area (Å²) in [4.78, 5) is 37.7. The van der Waals surface area contributed by atoms with Crippen LogP contribution in [0, 0.1) is 12.8 Å². The molecule has 2 aromatic rings. The summed E-state index contributed by atoms with van der Waals surface area (Å²) >= 11 is 0. The Morgan fingerprint density at radius 2 is 1.76 bits per heavy atom. The van der Waals surface area contributed by atoms with Crippen molar-refractivity contribution in [3.63, 3.8) is 0 Å². The number of rotatable bonds is 7. The Morgan fingerprint density at radius 3 is 2.24 bits per heavy atom. The second kappa shape index (κ2) is 11.6. The van der Waals surface area contributed by atoms with Crippen LogP contribution < -0.4 is 0 Å². The molecular weight excluding hydrogens is 420 g/mol. The number of carboxylic acids is 2. The van der Waals surface area contributed by atoms with Crippen molar-refractivity contribution in [1.82, 2.24) is 9.88 Å². The van der Waals surface area contributed by atoms with Gasteiger partial charge in [0.15, 0.2) is 5.78 Å². The number of aromatic nitrogens is 1. The number of aliphatic carboxylic acids is 2. The van der Waals surface area contributed by atoms with Crippen molar-refractivity contribution in [2.75, 3.05) is 13.1 Å². The molecule has 33 heavy (non-hydrogen) atoms. The summed E-state index contributed by atoms with van der Waals surface area (Å²) in [5.41, 5.74) is 5.88. The second-order valence-corrected chi connectivity index (χ2v) is 8.64. The zero-order valence-corrected chi connectivity index (χ0v) is 20.0. The summed E-state index contributed by atoms with van der Waals surface area (Å²) in [6.07, 6.45) is 5.43. The van der Waals surface area contributed by atoms with Crippen molar-refractivity contribution in [3.8, 4) is 0 Å². The van der Waals surface area contributed by atoms with Gasteiger partial charge in [0.2, 0.25) is 0 Å². The van der Waals surface area contributed by atoms with E-state index in [2.05, 4.69) is 55.8 Å². The zero-order valence-electron chi connectivity index (χ0n) is 20.0. The van der Waals surface area contributed by atoms with E-state index in [4.69, 9.17) is 10.2 Å². The highest BCUT2D eigenvalue weighted by Gasteiger charge is 2.20. The molecule has 1 aromatic carbocycles. The van der Waals surface area contributed by atoms with Crippen LogP contribution in [-0.2, 0) is 9.59 Å². The molecule has 178 valence electrons. The molecule has 0 fully saturated rings. The minimum absolute atomic E-state index is 0.0782. The third kappa shape index (κ3) is 6.89. The SMILES string of the molecule is CCC(C)C(=O)c1ccc2[nH]c(C)c(C3=CCN(C(C)C)CC3)c2c1.O=C(O)C=CC(=O)O. The molecule has 7 nitrogen and oxygen atoms in total. The standard InChI is InChI=1S/C22H30N2O.C4H4O4/c1-6-15(4)22(25)18-7-8-20-19(13-18)21(16(5)23-20)17-9-11-24(12-10-17)14(2)3;5-3(6)1-2-4(7)8/h7-9,13-15,23H,6,10-12H2,1-5H3;1-2H,(H,5,6)(H,7,8). The minimum Gasteiger partial charge on any atom is -0.478 e. The number of carbonyl (C=O) groups excluding carboxylic acids is 1. The average molecular weight is 455 g/mol. The molecule has 0 radical (unpaired) electrons. The van der Waals surface area contributed by atoms with Crippen LogP contribution in [0.4, 0.5) is 0 Å². The van der Waals surface area contributed by atoms with Crippen LogP contribution >= 0.6 is 0 Å². The summed E-state index contributed by atoms with van der Waals surface area (Å²) in [5.74, 6) is -2.19. The summed E-state index contributed by atoms with van der Waals surface area (Å²) in [5, 5.41) is 16.8. The Labute approximate surface area is 194 Å². The van der Waals surface area contributed by atoms with E-state index in [1.165, 1.54) is 22.2 Å². The van der Waals surface area contributed by atoms with Gasteiger partial charge in [-0.15, -0.1) is 0 Å². The lowest BCUT2D eigenvalue weighted by Gasteiger charge is -2.29. The molecule has 0 bridgehead atoms. The Kier molecular flexibility index (Phi) is 9.17. The van der Waals surface area contributed by atoms with E-state index in [1.54, 1.807) is 0 Å². The van der Waals surface area contributed by atoms with Crippen LogP contribution in [0.1, 0.15) is 62.2 Å². The Morgan fingerprint density at radius 1 is 1.12 bits per heavy atom. The van der Waals surface area contributed by atoms with E-state index in [9.17, 15) is 14.4 Å². The van der Waals surface area contributed by atoms with Crippen LogP contribution in [0.5, 0.6) is 0 Å². The lowest BCUT2D eigenvalue weighted by atomic mass is 9.93. The van der Waals surface area contributed by atoms with Gasteiger partial charge >= 0.3 is 11.9 Å². The normalized spacial score (nSPS) is 15.3. The van der Waals surface area contributed by atoms with E-state index in [0.29, 0.717) is 18.2 Å². The predicted octanol–water partition coefficient (Wildman–Crippen LogP) is 4.91. The van der Waals surface area contributed by atoms with Gasteiger partial charge in [0.1, 0.15) is 0 Å².